The molecule has 2 aromatic rings. The van der Waals surface area contributed by atoms with Gasteiger partial charge in [-0.3, -0.25) is 4.52 Å². The van der Waals surface area contributed by atoms with Gasteiger partial charge in [0.2, 0.25) is 0 Å². The highest BCUT2D eigenvalue weighted by molar-refractivity contribution is 8.05. The summed E-state index contributed by atoms with van der Waals surface area (Å²) in [5.41, 5.74) is 0. The summed E-state index contributed by atoms with van der Waals surface area (Å²) in [5, 5.41) is 0.657. The van der Waals surface area contributed by atoms with Crippen molar-refractivity contribution >= 4 is 69.9 Å². The Morgan fingerprint density at radius 3 is 1.56 bits per heavy atom. The van der Waals surface area contributed by atoms with Gasteiger partial charge in [0.25, 0.3) is 0 Å². The van der Waals surface area contributed by atoms with Crippen LogP contribution in [0.4, 0.5) is 0 Å². The van der Waals surface area contributed by atoms with Gasteiger partial charge in [-0.25, -0.2) is 9.13 Å². The third-order valence-electron chi connectivity index (χ3n) is 2.42. The minimum atomic E-state index is -3.61. The van der Waals surface area contributed by atoms with E-state index in [1.807, 2.05) is 0 Å². The van der Waals surface area contributed by atoms with E-state index in [2.05, 4.69) is 4.52 Å². The molecule has 0 aromatic heterocycles. The Labute approximate surface area is 182 Å². The van der Waals surface area contributed by atoms with Crippen LogP contribution >= 0.6 is 69.9 Å². The highest BCUT2D eigenvalue weighted by Crippen LogP contribution is 2.58. The van der Waals surface area contributed by atoms with Crippen LogP contribution < -0.4 is 9.05 Å². The summed E-state index contributed by atoms with van der Waals surface area (Å²) in [7, 11) is 0. The molecule has 0 spiro atoms. The Morgan fingerprint density at radius 1 is 0.778 bits per heavy atom. The van der Waals surface area contributed by atoms with Crippen LogP contribution in [0.3, 0.4) is 0 Å². The minimum absolute atomic E-state index is 0.215. The minimum Gasteiger partial charge on any atom is -0.421 e. The molecule has 2 aromatic carbocycles. The topological polar surface area (TPSA) is 61.8 Å². The first-order valence-corrected chi connectivity index (χ1v) is 13.9. The molecule has 0 fully saturated rings. The summed E-state index contributed by atoms with van der Waals surface area (Å²) < 4.78 is 37.0. The molecular formula is C15H15Cl5O5P2. The number of hydrogen-bond acceptors (Lipinski definition) is 5. The summed E-state index contributed by atoms with van der Waals surface area (Å²) >= 11 is 27.4. The second-order valence-corrected chi connectivity index (χ2v) is 12.6. The van der Waals surface area contributed by atoms with Crippen molar-refractivity contribution < 1.29 is 22.7 Å². The van der Waals surface area contributed by atoms with Crippen LogP contribution in [0.15, 0.2) is 48.5 Å². The largest absolute Gasteiger partial charge is 0.477 e. The molecule has 0 saturated carbocycles. The fourth-order valence-electron chi connectivity index (χ4n) is 1.54. The molecule has 0 aliphatic heterocycles. The fraction of sp³-hybridized carbons (Fsp3) is 0.200. The van der Waals surface area contributed by atoms with Crippen molar-refractivity contribution in [3.05, 3.63) is 58.6 Å². The van der Waals surface area contributed by atoms with E-state index in [1.165, 1.54) is 6.07 Å². The van der Waals surface area contributed by atoms with Crippen molar-refractivity contribution in [2.45, 2.75) is 20.0 Å². The van der Waals surface area contributed by atoms with E-state index < -0.39 is 13.0 Å². The Kier molecular flexibility index (Phi) is 10.3. The van der Waals surface area contributed by atoms with Crippen molar-refractivity contribution in [1.82, 2.24) is 0 Å². The third-order valence-corrected chi connectivity index (χ3v) is 5.40. The normalized spacial score (nSPS) is 13.3. The Morgan fingerprint density at radius 2 is 1.19 bits per heavy atom. The molecule has 0 amide bonds. The van der Waals surface area contributed by atoms with Gasteiger partial charge >= 0.3 is 13.0 Å². The zero-order valence-electron chi connectivity index (χ0n) is 14.0. The monoisotopic (exact) mass is 512 g/mol. The third kappa shape index (κ3) is 10.9. The van der Waals surface area contributed by atoms with Crippen molar-refractivity contribution in [3.8, 4) is 11.5 Å². The molecule has 2 rings (SSSR count). The highest BCUT2D eigenvalue weighted by atomic mass is 35.9. The molecule has 5 nitrogen and oxygen atoms in total. The lowest BCUT2D eigenvalue weighted by Crippen LogP contribution is -2.01. The van der Waals surface area contributed by atoms with Gasteiger partial charge in [-0.15, -0.1) is 0 Å². The van der Waals surface area contributed by atoms with Gasteiger partial charge in [-0.2, -0.15) is 0 Å². The molecule has 0 aliphatic carbocycles. The van der Waals surface area contributed by atoms with Crippen LogP contribution in [0, 0.1) is 0 Å². The van der Waals surface area contributed by atoms with Gasteiger partial charge in [0.1, 0.15) is 11.5 Å². The lowest BCUT2D eigenvalue weighted by Gasteiger charge is -2.15. The van der Waals surface area contributed by atoms with Crippen molar-refractivity contribution in [3.63, 3.8) is 0 Å². The van der Waals surface area contributed by atoms with Crippen LogP contribution in [0.5, 0.6) is 11.5 Å². The van der Waals surface area contributed by atoms with Gasteiger partial charge in [-0.05, 0) is 38.1 Å². The van der Waals surface area contributed by atoms with Gasteiger partial charge < -0.3 is 9.05 Å². The average Bonchev–Trinajstić information content (AvgIpc) is 2.50. The van der Waals surface area contributed by atoms with E-state index in [9.17, 15) is 9.13 Å². The highest BCUT2D eigenvalue weighted by Gasteiger charge is 2.25. The quantitative estimate of drug-likeness (QED) is 0.361. The van der Waals surface area contributed by atoms with E-state index in [4.69, 9.17) is 66.0 Å². The summed E-state index contributed by atoms with van der Waals surface area (Å²) in [5.74, 6) is 0.464. The maximum Gasteiger partial charge on any atom is 0.477 e. The molecule has 27 heavy (non-hydrogen) atoms. The van der Waals surface area contributed by atoms with Crippen molar-refractivity contribution in [2.24, 2.45) is 0 Å². The molecule has 1 unspecified atom stereocenters. The molecule has 0 N–H and O–H groups in total. The summed E-state index contributed by atoms with van der Waals surface area (Å²) in [6, 6.07) is 13.1. The molecule has 0 aliphatic rings. The molecule has 150 valence electrons. The van der Waals surface area contributed by atoms with Gasteiger partial charge in [-0.1, -0.05) is 47.5 Å². The first kappa shape index (κ1) is 24.9. The maximum absolute atomic E-state index is 11.6. The van der Waals surface area contributed by atoms with Crippen LogP contribution in [0.2, 0.25) is 10.0 Å². The number of halogens is 5. The Balaban J connectivity index is 0.000000277. The molecule has 1 atom stereocenters. The van der Waals surface area contributed by atoms with Crippen LogP contribution in [-0.2, 0) is 13.7 Å². The number of rotatable bonds is 6. The van der Waals surface area contributed by atoms with Gasteiger partial charge in [0.05, 0.1) is 16.1 Å². The Bertz CT molecular complexity index is 843. The Hall–Kier alpha value is -0.0900. The number of benzene rings is 2. The summed E-state index contributed by atoms with van der Waals surface area (Å²) in [6.07, 6.45) is -3.84. The predicted molar refractivity (Wildman–Crippen MR) is 113 cm³/mol. The average molecular weight is 514 g/mol. The van der Waals surface area contributed by atoms with Crippen molar-refractivity contribution in [1.29, 1.82) is 0 Å². The summed E-state index contributed by atoms with van der Waals surface area (Å²) in [4.78, 5) is 0. The fourth-order valence-corrected chi connectivity index (χ4v) is 4.48. The lowest BCUT2D eigenvalue weighted by molar-refractivity contribution is 0.220. The number of para-hydroxylation sites is 2. The second kappa shape index (κ2) is 11.2. The smallest absolute Gasteiger partial charge is 0.421 e. The predicted octanol–water partition coefficient (Wildman–Crippen LogP) is 8.80. The maximum atomic E-state index is 11.6. The molecular weight excluding hydrogens is 499 g/mol. The van der Waals surface area contributed by atoms with E-state index in [0.717, 1.165) is 0 Å². The van der Waals surface area contributed by atoms with Crippen LogP contribution in [0.1, 0.15) is 13.8 Å². The summed E-state index contributed by atoms with van der Waals surface area (Å²) in [6.45, 7) is -0.183. The first-order valence-electron chi connectivity index (χ1n) is 7.25. The van der Waals surface area contributed by atoms with Crippen LogP contribution in [-0.4, -0.2) is 6.10 Å². The SMILES string of the molecule is CC(C)OP(=O)(Cl)Oc1ccccc1Cl.O=P(Cl)(Cl)Oc1ccccc1Cl. The van der Waals surface area contributed by atoms with E-state index >= 15 is 0 Å². The zero-order chi connectivity index (χ0) is 20.7. The van der Waals surface area contributed by atoms with Crippen LogP contribution in [0.25, 0.3) is 0 Å². The molecule has 0 heterocycles. The van der Waals surface area contributed by atoms with Crippen molar-refractivity contribution in [2.75, 3.05) is 0 Å². The van der Waals surface area contributed by atoms with E-state index in [0.29, 0.717) is 10.0 Å². The second-order valence-electron chi connectivity index (χ2n) is 5.04. The first-order chi connectivity index (χ1) is 12.4. The molecule has 0 bridgehead atoms. The molecule has 12 heteroatoms. The van der Waals surface area contributed by atoms with Gasteiger partial charge in [0.15, 0.2) is 0 Å². The van der Waals surface area contributed by atoms with Gasteiger partial charge in [0, 0.05) is 33.7 Å². The number of hydrogen-bond donors (Lipinski definition) is 0. The molecule has 0 saturated heterocycles. The zero-order valence-corrected chi connectivity index (χ0v) is 19.6. The standard InChI is InChI=1S/C9H11Cl2O3P.C6H4Cl3O2P/c1-7(2)13-15(11,12)14-9-6-4-3-5-8(9)10;7-5-3-1-2-4-6(5)11-12(8,9)10/h3-7H,1-2H3;1-4H. The lowest BCUT2D eigenvalue weighted by atomic mass is 10.3. The van der Waals surface area contributed by atoms with E-state index in [-0.39, 0.29) is 17.6 Å². The molecule has 0 radical (unpaired) electrons. The van der Waals surface area contributed by atoms with E-state index in [1.54, 1.807) is 56.3 Å².